The van der Waals surface area contributed by atoms with Crippen molar-refractivity contribution in [2.75, 3.05) is 0 Å². The van der Waals surface area contributed by atoms with E-state index in [1.54, 1.807) is 0 Å². The van der Waals surface area contributed by atoms with Crippen LogP contribution in [0.1, 0.15) is 0 Å². The van der Waals surface area contributed by atoms with Crippen LogP contribution in [0, 0.1) is 0 Å². The van der Waals surface area contributed by atoms with Crippen molar-refractivity contribution in [3.63, 3.8) is 0 Å². The monoisotopic (exact) mass is 418 g/mol. The Bertz CT molecular complexity index is 1610. The van der Waals surface area contributed by atoms with E-state index >= 15 is 0 Å². The standard InChI is InChI=1S/C28H18S2/c29-21-15-24(23-13-12-17-4-1-2-6-22(17)26(23)16-21)20-11-9-18-8-10-19-5-3-7-27(30)28(19)25(18)14-20/h1-16,29-30H. The number of thiol groups is 2. The first-order valence-corrected chi connectivity index (χ1v) is 10.9. The van der Waals surface area contributed by atoms with Crippen molar-refractivity contribution in [2.45, 2.75) is 9.79 Å². The van der Waals surface area contributed by atoms with Crippen LogP contribution < -0.4 is 0 Å². The third kappa shape index (κ3) is 2.72. The van der Waals surface area contributed by atoms with Crippen LogP contribution in [0.15, 0.2) is 107 Å². The van der Waals surface area contributed by atoms with E-state index in [-0.39, 0.29) is 0 Å². The molecule has 0 bridgehead atoms. The average molecular weight is 419 g/mol. The average Bonchev–Trinajstić information content (AvgIpc) is 2.78. The third-order valence-corrected chi connectivity index (χ3v) is 6.63. The van der Waals surface area contributed by atoms with Gasteiger partial charge in [0.15, 0.2) is 0 Å². The van der Waals surface area contributed by atoms with Crippen molar-refractivity contribution in [3.8, 4) is 11.1 Å². The maximum atomic E-state index is 4.75. The van der Waals surface area contributed by atoms with Crippen LogP contribution in [0.2, 0.25) is 0 Å². The topological polar surface area (TPSA) is 0 Å². The molecule has 0 N–H and O–H groups in total. The summed E-state index contributed by atoms with van der Waals surface area (Å²) < 4.78 is 0. The van der Waals surface area contributed by atoms with Gasteiger partial charge >= 0.3 is 0 Å². The van der Waals surface area contributed by atoms with Crippen LogP contribution in [-0.4, -0.2) is 0 Å². The molecule has 0 saturated carbocycles. The Kier molecular flexibility index (Phi) is 4.05. The summed E-state index contributed by atoms with van der Waals surface area (Å²) in [5.74, 6) is 0. The summed E-state index contributed by atoms with van der Waals surface area (Å²) in [5, 5.41) is 9.87. The minimum atomic E-state index is 0.974. The van der Waals surface area contributed by atoms with E-state index in [0.29, 0.717) is 0 Å². The fourth-order valence-corrected chi connectivity index (χ4v) is 5.19. The second-order valence-corrected chi connectivity index (χ2v) is 8.75. The minimum absolute atomic E-state index is 0.974. The van der Waals surface area contributed by atoms with Gasteiger partial charge in [-0.1, -0.05) is 72.8 Å². The summed E-state index contributed by atoms with van der Waals surface area (Å²) in [6.45, 7) is 0. The molecule has 0 aliphatic rings. The Morgan fingerprint density at radius 3 is 2.13 bits per heavy atom. The largest absolute Gasteiger partial charge is 0.143 e. The van der Waals surface area contributed by atoms with Crippen LogP contribution >= 0.6 is 25.3 Å². The zero-order chi connectivity index (χ0) is 20.2. The number of hydrogen-bond donors (Lipinski definition) is 2. The van der Waals surface area contributed by atoms with Crippen LogP contribution in [0.25, 0.3) is 54.2 Å². The molecule has 142 valence electrons. The number of hydrogen-bond acceptors (Lipinski definition) is 2. The predicted octanol–water partition coefficient (Wildman–Crippen LogP) is 8.54. The molecule has 0 aliphatic heterocycles. The summed E-state index contributed by atoms with van der Waals surface area (Å²) in [7, 11) is 0. The van der Waals surface area contributed by atoms with Crippen LogP contribution in [-0.2, 0) is 0 Å². The fraction of sp³-hybridized carbons (Fsp3) is 0. The van der Waals surface area contributed by atoms with Crippen LogP contribution in [0.3, 0.4) is 0 Å². The van der Waals surface area contributed by atoms with Gasteiger partial charge < -0.3 is 0 Å². The zero-order valence-electron chi connectivity index (χ0n) is 16.1. The van der Waals surface area contributed by atoms with Gasteiger partial charge in [-0.05, 0) is 73.1 Å². The van der Waals surface area contributed by atoms with Crippen molar-refractivity contribution in [1.29, 1.82) is 0 Å². The molecular formula is C28H18S2. The molecule has 0 unspecified atom stereocenters. The summed E-state index contributed by atoms with van der Waals surface area (Å²) in [5.41, 5.74) is 2.40. The minimum Gasteiger partial charge on any atom is -0.143 e. The summed E-state index contributed by atoms with van der Waals surface area (Å²) in [6.07, 6.45) is 0. The summed E-state index contributed by atoms with van der Waals surface area (Å²) >= 11 is 9.49. The molecule has 0 amide bonds. The molecule has 0 heterocycles. The zero-order valence-corrected chi connectivity index (χ0v) is 17.9. The van der Waals surface area contributed by atoms with E-state index in [4.69, 9.17) is 25.3 Å². The highest BCUT2D eigenvalue weighted by Crippen LogP contribution is 2.38. The van der Waals surface area contributed by atoms with Crippen LogP contribution in [0.4, 0.5) is 0 Å². The molecule has 0 fully saturated rings. The lowest BCUT2D eigenvalue weighted by atomic mass is 9.92. The van der Waals surface area contributed by atoms with Gasteiger partial charge in [0, 0.05) is 15.2 Å². The Balaban J connectivity index is 1.71. The van der Waals surface area contributed by atoms with Gasteiger partial charge in [-0.2, -0.15) is 0 Å². The SMILES string of the molecule is Sc1cc(-c2ccc3ccc4cccc(S)c4c3c2)c2ccc3ccccc3c2c1. The van der Waals surface area contributed by atoms with Gasteiger partial charge in [-0.15, -0.1) is 25.3 Å². The molecule has 2 heteroatoms. The molecule has 0 aliphatic carbocycles. The Hall–Kier alpha value is -2.94. The van der Waals surface area contributed by atoms with E-state index in [1.807, 2.05) is 0 Å². The Labute approximate surface area is 186 Å². The molecule has 0 radical (unpaired) electrons. The van der Waals surface area contributed by atoms with Gasteiger partial charge in [0.2, 0.25) is 0 Å². The smallest absolute Gasteiger partial charge is 0.0125 e. The quantitative estimate of drug-likeness (QED) is 0.194. The van der Waals surface area contributed by atoms with Gasteiger partial charge in [0.25, 0.3) is 0 Å². The van der Waals surface area contributed by atoms with Crippen molar-refractivity contribution in [3.05, 3.63) is 97.1 Å². The van der Waals surface area contributed by atoms with E-state index in [2.05, 4.69) is 97.1 Å². The summed E-state index contributed by atoms with van der Waals surface area (Å²) in [4.78, 5) is 1.98. The molecule has 0 saturated heterocycles. The van der Waals surface area contributed by atoms with E-state index in [1.165, 1.54) is 54.2 Å². The van der Waals surface area contributed by atoms with Gasteiger partial charge in [-0.25, -0.2) is 0 Å². The van der Waals surface area contributed by atoms with E-state index in [9.17, 15) is 0 Å². The molecule has 30 heavy (non-hydrogen) atoms. The molecule has 0 spiro atoms. The normalized spacial score (nSPS) is 11.7. The lowest BCUT2D eigenvalue weighted by Gasteiger charge is -2.13. The summed E-state index contributed by atoms with van der Waals surface area (Å²) in [6, 6.07) is 34.7. The maximum Gasteiger partial charge on any atom is 0.0125 e. The maximum absolute atomic E-state index is 4.75. The number of benzene rings is 6. The Morgan fingerprint density at radius 2 is 1.20 bits per heavy atom. The first-order valence-electron chi connectivity index (χ1n) is 9.98. The molecule has 0 nitrogen and oxygen atoms in total. The lowest BCUT2D eigenvalue weighted by molar-refractivity contribution is 1.52. The van der Waals surface area contributed by atoms with Crippen molar-refractivity contribution in [1.82, 2.24) is 0 Å². The number of rotatable bonds is 1. The lowest BCUT2D eigenvalue weighted by Crippen LogP contribution is -1.86. The van der Waals surface area contributed by atoms with Crippen molar-refractivity contribution in [2.24, 2.45) is 0 Å². The van der Waals surface area contributed by atoms with Crippen LogP contribution in [0.5, 0.6) is 0 Å². The molecule has 6 aromatic carbocycles. The second-order valence-electron chi connectivity index (χ2n) is 7.75. The molecular weight excluding hydrogens is 400 g/mol. The first kappa shape index (κ1) is 17.9. The predicted molar refractivity (Wildman–Crippen MR) is 136 cm³/mol. The highest BCUT2D eigenvalue weighted by Gasteiger charge is 2.11. The molecule has 0 aromatic heterocycles. The number of fused-ring (bicyclic) bond motifs is 6. The van der Waals surface area contributed by atoms with Gasteiger partial charge in [0.05, 0.1) is 0 Å². The first-order chi connectivity index (χ1) is 14.7. The molecule has 6 aromatic rings. The van der Waals surface area contributed by atoms with Crippen molar-refractivity contribution < 1.29 is 0 Å². The van der Waals surface area contributed by atoms with E-state index in [0.717, 1.165) is 9.79 Å². The highest BCUT2D eigenvalue weighted by atomic mass is 32.1. The van der Waals surface area contributed by atoms with E-state index < -0.39 is 0 Å². The van der Waals surface area contributed by atoms with Crippen molar-refractivity contribution >= 4 is 68.3 Å². The van der Waals surface area contributed by atoms with Gasteiger partial charge in [-0.3, -0.25) is 0 Å². The molecule has 6 rings (SSSR count). The molecule has 0 atom stereocenters. The third-order valence-electron chi connectivity index (χ3n) is 6.00. The van der Waals surface area contributed by atoms with Gasteiger partial charge in [0.1, 0.15) is 0 Å². The second kappa shape index (κ2) is 6.80. The highest BCUT2D eigenvalue weighted by molar-refractivity contribution is 7.80. The Morgan fingerprint density at radius 1 is 0.467 bits per heavy atom. The fourth-order valence-electron chi connectivity index (χ4n) is 4.60.